The molecule has 0 spiro atoms. The molecule has 0 aliphatic rings. The van der Waals surface area contributed by atoms with E-state index in [9.17, 15) is 4.79 Å². The zero-order valence-electron chi connectivity index (χ0n) is 11.6. The standard InChI is InChI=1S/C16H13Cl2N3O/c17-11-5-3-4-10(15(11)18)16(22)19-9-8-14-20-12-6-1-2-7-13(12)21-14/h1-7H,8-9H2,(H,19,22)(H,20,21). The lowest BCUT2D eigenvalue weighted by Crippen LogP contribution is -2.26. The predicted octanol–water partition coefficient (Wildman–Crippen LogP) is 3.84. The van der Waals surface area contributed by atoms with Gasteiger partial charge in [-0.05, 0) is 24.3 Å². The SMILES string of the molecule is O=C(NCCc1nc2ccccc2[nH]1)c1cccc(Cl)c1Cl. The van der Waals surface area contributed by atoms with Crippen LogP contribution in [0.5, 0.6) is 0 Å². The Labute approximate surface area is 137 Å². The van der Waals surface area contributed by atoms with Crippen molar-refractivity contribution in [2.24, 2.45) is 0 Å². The number of imidazole rings is 1. The number of hydrogen-bond acceptors (Lipinski definition) is 2. The van der Waals surface area contributed by atoms with Crippen LogP contribution in [-0.4, -0.2) is 22.4 Å². The highest BCUT2D eigenvalue weighted by Crippen LogP contribution is 2.25. The molecular formula is C16H13Cl2N3O. The van der Waals surface area contributed by atoms with Crippen LogP contribution in [0.1, 0.15) is 16.2 Å². The van der Waals surface area contributed by atoms with Gasteiger partial charge in [0.25, 0.3) is 5.91 Å². The molecule has 0 atom stereocenters. The van der Waals surface area contributed by atoms with Crippen molar-refractivity contribution in [2.75, 3.05) is 6.54 Å². The van der Waals surface area contributed by atoms with E-state index in [0.29, 0.717) is 23.6 Å². The molecule has 0 radical (unpaired) electrons. The minimum absolute atomic E-state index is 0.247. The summed E-state index contributed by atoms with van der Waals surface area (Å²) < 4.78 is 0. The molecule has 112 valence electrons. The van der Waals surface area contributed by atoms with E-state index < -0.39 is 0 Å². The molecule has 0 aliphatic carbocycles. The first-order valence-corrected chi connectivity index (χ1v) is 7.56. The zero-order chi connectivity index (χ0) is 15.5. The van der Waals surface area contributed by atoms with Crippen molar-refractivity contribution in [3.8, 4) is 0 Å². The Hall–Kier alpha value is -2.04. The average Bonchev–Trinajstić information content (AvgIpc) is 2.92. The highest BCUT2D eigenvalue weighted by molar-refractivity contribution is 6.43. The molecule has 6 heteroatoms. The number of rotatable bonds is 4. The Morgan fingerprint density at radius 2 is 1.95 bits per heavy atom. The van der Waals surface area contributed by atoms with E-state index in [2.05, 4.69) is 15.3 Å². The molecule has 3 aromatic rings. The first-order chi connectivity index (χ1) is 10.6. The molecule has 0 bridgehead atoms. The van der Waals surface area contributed by atoms with Gasteiger partial charge < -0.3 is 10.3 Å². The normalized spacial score (nSPS) is 10.8. The van der Waals surface area contributed by atoms with Gasteiger partial charge >= 0.3 is 0 Å². The summed E-state index contributed by atoms with van der Waals surface area (Å²) in [6, 6.07) is 12.8. The maximum absolute atomic E-state index is 12.1. The number of nitrogens with zero attached hydrogens (tertiary/aromatic N) is 1. The lowest BCUT2D eigenvalue weighted by molar-refractivity contribution is 0.0954. The number of para-hydroxylation sites is 2. The van der Waals surface area contributed by atoms with Gasteiger partial charge in [-0.3, -0.25) is 4.79 Å². The van der Waals surface area contributed by atoms with Crippen LogP contribution in [0.25, 0.3) is 11.0 Å². The lowest BCUT2D eigenvalue weighted by atomic mass is 10.2. The number of aromatic amines is 1. The Morgan fingerprint density at radius 3 is 2.77 bits per heavy atom. The molecule has 0 saturated heterocycles. The zero-order valence-corrected chi connectivity index (χ0v) is 13.1. The number of hydrogen-bond donors (Lipinski definition) is 2. The lowest BCUT2D eigenvalue weighted by Gasteiger charge is -2.06. The van der Waals surface area contributed by atoms with Crippen molar-refractivity contribution in [3.05, 3.63) is 63.9 Å². The number of H-pyrrole nitrogens is 1. The van der Waals surface area contributed by atoms with E-state index in [1.807, 2.05) is 24.3 Å². The van der Waals surface area contributed by atoms with Crippen molar-refractivity contribution in [1.29, 1.82) is 0 Å². The van der Waals surface area contributed by atoms with E-state index in [0.717, 1.165) is 16.9 Å². The molecule has 0 unspecified atom stereocenters. The summed E-state index contributed by atoms with van der Waals surface area (Å²) in [6.07, 6.45) is 0.610. The second-order valence-electron chi connectivity index (χ2n) is 4.81. The molecule has 2 N–H and O–H groups in total. The molecule has 1 heterocycles. The van der Waals surface area contributed by atoms with E-state index in [1.54, 1.807) is 18.2 Å². The molecule has 1 aromatic heterocycles. The van der Waals surface area contributed by atoms with E-state index in [4.69, 9.17) is 23.2 Å². The number of benzene rings is 2. The van der Waals surface area contributed by atoms with Gasteiger partial charge in [-0.1, -0.05) is 41.4 Å². The van der Waals surface area contributed by atoms with Gasteiger partial charge in [0.05, 0.1) is 26.6 Å². The molecule has 0 aliphatic heterocycles. The van der Waals surface area contributed by atoms with Gasteiger partial charge in [-0.15, -0.1) is 0 Å². The van der Waals surface area contributed by atoms with Gasteiger partial charge in [-0.2, -0.15) is 0 Å². The second-order valence-corrected chi connectivity index (χ2v) is 5.59. The maximum Gasteiger partial charge on any atom is 0.252 e. The quantitative estimate of drug-likeness (QED) is 0.762. The van der Waals surface area contributed by atoms with Crippen LogP contribution in [0.4, 0.5) is 0 Å². The van der Waals surface area contributed by atoms with Crippen LogP contribution in [-0.2, 0) is 6.42 Å². The van der Waals surface area contributed by atoms with Crippen LogP contribution in [0, 0.1) is 0 Å². The number of carbonyl (C=O) groups is 1. The minimum atomic E-state index is -0.247. The average molecular weight is 334 g/mol. The third-order valence-corrected chi connectivity index (χ3v) is 4.10. The van der Waals surface area contributed by atoms with Crippen molar-refractivity contribution < 1.29 is 4.79 Å². The maximum atomic E-state index is 12.1. The number of halogens is 2. The van der Waals surface area contributed by atoms with Gasteiger partial charge in [0.2, 0.25) is 0 Å². The number of amides is 1. The Balaban J connectivity index is 1.63. The molecule has 0 saturated carbocycles. The van der Waals surface area contributed by atoms with E-state index in [-0.39, 0.29) is 10.9 Å². The third kappa shape index (κ3) is 3.08. The van der Waals surface area contributed by atoms with Crippen molar-refractivity contribution in [1.82, 2.24) is 15.3 Å². The van der Waals surface area contributed by atoms with Crippen LogP contribution >= 0.6 is 23.2 Å². The van der Waals surface area contributed by atoms with E-state index >= 15 is 0 Å². The molecule has 3 rings (SSSR count). The summed E-state index contributed by atoms with van der Waals surface area (Å²) in [6.45, 7) is 0.460. The largest absolute Gasteiger partial charge is 0.352 e. The van der Waals surface area contributed by atoms with Crippen molar-refractivity contribution in [2.45, 2.75) is 6.42 Å². The fourth-order valence-corrected chi connectivity index (χ4v) is 2.58. The fourth-order valence-electron chi connectivity index (χ4n) is 2.19. The number of aromatic nitrogens is 2. The van der Waals surface area contributed by atoms with Gasteiger partial charge in [0.1, 0.15) is 5.82 Å². The summed E-state index contributed by atoms with van der Waals surface area (Å²) in [5.74, 6) is 0.585. The number of carbonyl (C=O) groups excluding carboxylic acids is 1. The molecular weight excluding hydrogens is 321 g/mol. The highest BCUT2D eigenvalue weighted by atomic mass is 35.5. The summed E-state index contributed by atoms with van der Waals surface area (Å²) in [4.78, 5) is 19.8. The smallest absolute Gasteiger partial charge is 0.252 e. The first kappa shape index (κ1) is 14.9. The van der Waals surface area contributed by atoms with Crippen molar-refractivity contribution in [3.63, 3.8) is 0 Å². The number of fused-ring (bicyclic) bond motifs is 1. The number of nitrogens with one attached hydrogen (secondary N) is 2. The fraction of sp³-hybridized carbons (Fsp3) is 0.125. The van der Waals surface area contributed by atoms with Gasteiger partial charge in [0, 0.05) is 13.0 Å². The molecule has 2 aromatic carbocycles. The van der Waals surface area contributed by atoms with Crippen LogP contribution in [0.15, 0.2) is 42.5 Å². The Bertz CT molecular complexity index is 796. The first-order valence-electron chi connectivity index (χ1n) is 6.81. The molecule has 0 fully saturated rings. The summed E-state index contributed by atoms with van der Waals surface area (Å²) >= 11 is 11.9. The highest BCUT2D eigenvalue weighted by Gasteiger charge is 2.12. The topological polar surface area (TPSA) is 57.8 Å². The van der Waals surface area contributed by atoms with Gasteiger partial charge in [-0.25, -0.2) is 4.98 Å². The second kappa shape index (κ2) is 6.38. The Kier molecular flexibility index (Phi) is 4.32. The van der Waals surface area contributed by atoms with Crippen LogP contribution in [0.3, 0.4) is 0 Å². The third-order valence-electron chi connectivity index (χ3n) is 3.28. The van der Waals surface area contributed by atoms with Crippen LogP contribution < -0.4 is 5.32 Å². The molecule has 1 amide bonds. The Morgan fingerprint density at radius 1 is 1.14 bits per heavy atom. The monoisotopic (exact) mass is 333 g/mol. The van der Waals surface area contributed by atoms with Crippen LogP contribution in [0.2, 0.25) is 10.0 Å². The molecule has 22 heavy (non-hydrogen) atoms. The summed E-state index contributed by atoms with van der Waals surface area (Å²) in [7, 11) is 0. The summed E-state index contributed by atoms with van der Waals surface area (Å²) in [5, 5.41) is 3.45. The predicted molar refractivity (Wildman–Crippen MR) is 88.6 cm³/mol. The molecule has 4 nitrogen and oxygen atoms in total. The van der Waals surface area contributed by atoms with Crippen molar-refractivity contribution >= 4 is 40.1 Å². The minimum Gasteiger partial charge on any atom is -0.352 e. The summed E-state index contributed by atoms with van der Waals surface area (Å²) in [5.41, 5.74) is 2.28. The van der Waals surface area contributed by atoms with E-state index in [1.165, 1.54) is 0 Å². The van der Waals surface area contributed by atoms with Gasteiger partial charge in [0.15, 0.2) is 0 Å².